The van der Waals surface area contributed by atoms with Crippen LogP contribution >= 0.6 is 0 Å². The van der Waals surface area contributed by atoms with Gasteiger partial charge >= 0.3 is 0 Å². The molecule has 2 N–H and O–H groups in total. The molecule has 1 aliphatic rings. The monoisotopic (exact) mass is 438 g/mol. The molecule has 0 aromatic heterocycles. The lowest BCUT2D eigenvalue weighted by Gasteiger charge is -2.18. The maximum atomic E-state index is 6.16. The first kappa shape index (κ1) is 24.1. The van der Waals surface area contributed by atoms with Crippen molar-refractivity contribution in [3.8, 4) is 5.75 Å². The molecule has 2 aromatic carbocycles. The molecular formula is C26H38N4O2. The zero-order valence-electron chi connectivity index (χ0n) is 19.8. The summed E-state index contributed by atoms with van der Waals surface area (Å²) in [5.41, 5.74) is 3.69. The maximum absolute atomic E-state index is 6.16. The fourth-order valence-electron chi connectivity index (χ4n) is 3.79. The molecule has 0 spiro atoms. The van der Waals surface area contributed by atoms with Gasteiger partial charge in [0, 0.05) is 44.8 Å². The highest BCUT2D eigenvalue weighted by atomic mass is 16.5. The van der Waals surface area contributed by atoms with Crippen LogP contribution in [0.3, 0.4) is 0 Å². The van der Waals surface area contributed by atoms with Gasteiger partial charge in [0.1, 0.15) is 5.75 Å². The molecule has 1 fully saturated rings. The van der Waals surface area contributed by atoms with Gasteiger partial charge in [-0.15, -0.1) is 0 Å². The number of hydrogen-bond donors (Lipinski definition) is 2. The molecule has 0 saturated carbocycles. The highest BCUT2D eigenvalue weighted by Crippen LogP contribution is 2.22. The summed E-state index contributed by atoms with van der Waals surface area (Å²) in [7, 11) is 3.97. The van der Waals surface area contributed by atoms with E-state index >= 15 is 0 Å². The van der Waals surface area contributed by atoms with Crippen LogP contribution < -0.4 is 15.4 Å². The zero-order valence-corrected chi connectivity index (χ0v) is 19.8. The Morgan fingerprint density at radius 3 is 2.78 bits per heavy atom. The average molecular weight is 439 g/mol. The summed E-state index contributed by atoms with van der Waals surface area (Å²) in [4.78, 5) is 6.71. The summed E-state index contributed by atoms with van der Waals surface area (Å²) in [5.74, 6) is 2.25. The van der Waals surface area contributed by atoms with Gasteiger partial charge < -0.3 is 25.0 Å². The molecule has 0 amide bonds. The van der Waals surface area contributed by atoms with Gasteiger partial charge in [0.2, 0.25) is 0 Å². The fourth-order valence-corrected chi connectivity index (χ4v) is 3.79. The number of hydrogen-bond acceptors (Lipinski definition) is 4. The number of guanidine groups is 1. The van der Waals surface area contributed by atoms with E-state index in [9.17, 15) is 0 Å². The summed E-state index contributed by atoms with van der Waals surface area (Å²) < 4.78 is 11.6. The quantitative estimate of drug-likeness (QED) is 0.319. The van der Waals surface area contributed by atoms with Crippen LogP contribution in [-0.4, -0.2) is 57.9 Å². The highest BCUT2D eigenvalue weighted by Gasteiger charge is 2.17. The number of nitrogens with zero attached hydrogens (tertiary/aromatic N) is 2. The summed E-state index contributed by atoms with van der Waals surface area (Å²) >= 11 is 0. The van der Waals surface area contributed by atoms with Crippen molar-refractivity contribution in [2.75, 3.05) is 47.0 Å². The molecule has 2 aromatic rings. The van der Waals surface area contributed by atoms with Crippen LogP contribution in [0, 0.1) is 12.8 Å². The molecule has 3 rings (SSSR count). The second-order valence-corrected chi connectivity index (χ2v) is 8.58. The third-order valence-corrected chi connectivity index (χ3v) is 5.70. The molecule has 1 aliphatic heterocycles. The smallest absolute Gasteiger partial charge is 0.191 e. The second kappa shape index (κ2) is 13.1. The van der Waals surface area contributed by atoms with Gasteiger partial charge in [-0.05, 0) is 50.6 Å². The van der Waals surface area contributed by atoms with Crippen LogP contribution in [0.2, 0.25) is 0 Å². The number of aryl methyl sites for hydroxylation is 1. The first-order valence-electron chi connectivity index (χ1n) is 11.6. The van der Waals surface area contributed by atoms with Gasteiger partial charge in [0.15, 0.2) is 5.96 Å². The highest BCUT2D eigenvalue weighted by molar-refractivity contribution is 5.79. The normalized spacial score (nSPS) is 16.4. The molecule has 1 unspecified atom stereocenters. The Morgan fingerprint density at radius 2 is 2.03 bits per heavy atom. The lowest BCUT2D eigenvalue weighted by Crippen LogP contribution is -2.38. The van der Waals surface area contributed by atoms with Crippen LogP contribution in [0.4, 0.5) is 0 Å². The van der Waals surface area contributed by atoms with E-state index < -0.39 is 0 Å². The first-order valence-corrected chi connectivity index (χ1v) is 11.6. The van der Waals surface area contributed by atoms with Gasteiger partial charge in [-0.1, -0.05) is 42.5 Å². The zero-order chi connectivity index (χ0) is 22.6. The summed E-state index contributed by atoms with van der Waals surface area (Å²) in [6.07, 6.45) is 2.13. The van der Waals surface area contributed by atoms with Crippen molar-refractivity contribution in [1.82, 2.24) is 15.5 Å². The molecule has 0 radical (unpaired) electrons. The van der Waals surface area contributed by atoms with Crippen molar-refractivity contribution in [1.29, 1.82) is 0 Å². The van der Waals surface area contributed by atoms with Crippen molar-refractivity contribution in [3.63, 3.8) is 0 Å². The Labute approximate surface area is 193 Å². The Balaban J connectivity index is 1.40. The van der Waals surface area contributed by atoms with E-state index in [1.54, 1.807) is 0 Å². The van der Waals surface area contributed by atoms with Crippen LogP contribution in [0.25, 0.3) is 0 Å². The Hall–Kier alpha value is -2.57. The third kappa shape index (κ3) is 8.17. The predicted octanol–water partition coefficient (Wildman–Crippen LogP) is 3.60. The molecule has 1 saturated heterocycles. The fraction of sp³-hybridized carbons (Fsp3) is 0.500. The van der Waals surface area contributed by atoms with E-state index in [-0.39, 0.29) is 0 Å². The third-order valence-electron chi connectivity index (χ3n) is 5.70. The molecular weight excluding hydrogens is 400 g/mol. The molecule has 0 aliphatic carbocycles. The Morgan fingerprint density at radius 1 is 1.19 bits per heavy atom. The average Bonchev–Trinajstić information content (AvgIpc) is 3.32. The van der Waals surface area contributed by atoms with Gasteiger partial charge in [0.25, 0.3) is 0 Å². The Bertz CT molecular complexity index is 835. The van der Waals surface area contributed by atoms with Crippen molar-refractivity contribution < 1.29 is 9.47 Å². The van der Waals surface area contributed by atoms with E-state index in [0.29, 0.717) is 19.1 Å². The van der Waals surface area contributed by atoms with Crippen molar-refractivity contribution in [2.45, 2.75) is 32.9 Å². The maximum Gasteiger partial charge on any atom is 0.191 e. The molecule has 174 valence electrons. The van der Waals surface area contributed by atoms with Gasteiger partial charge in [-0.2, -0.15) is 0 Å². The van der Waals surface area contributed by atoms with Gasteiger partial charge in [-0.25, -0.2) is 0 Å². The minimum absolute atomic E-state index is 0.491. The molecule has 6 nitrogen and oxygen atoms in total. The molecule has 1 atom stereocenters. The van der Waals surface area contributed by atoms with Gasteiger partial charge in [-0.3, -0.25) is 4.99 Å². The van der Waals surface area contributed by atoms with Crippen molar-refractivity contribution in [3.05, 3.63) is 65.2 Å². The topological polar surface area (TPSA) is 58.1 Å². The molecule has 32 heavy (non-hydrogen) atoms. The lowest BCUT2D eigenvalue weighted by atomic mass is 10.1. The molecule has 0 bridgehead atoms. The van der Waals surface area contributed by atoms with Crippen LogP contribution in [0.5, 0.6) is 5.75 Å². The Kier molecular flexibility index (Phi) is 9.85. The van der Waals surface area contributed by atoms with E-state index in [2.05, 4.69) is 83.0 Å². The number of ether oxygens (including phenoxy) is 2. The van der Waals surface area contributed by atoms with E-state index in [0.717, 1.165) is 63.0 Å². The predicted molar refractivity (Wildman–Crippen MR) is 131 cm³/mol. The summed E-state index contributed by atoms with van der Waals surface area (Å²) in [5, 5.41) is 6.84. The first-order chi connectivity index (χ1) is 15.6. The van der Waals surface area contributed by atoms with Crippen molar-refractivity contribution in [2.24, 2.45) is 10.9 Å². The van der Waals surface area contributed by atoms with E-state index in [4.69, 9.17) is 9.47 Å². The largest absolute Gasteiger partial charge is 0.493 e. The van der Waals surface area contributed by atoms with Gasteiger partial charge in [0.05, 0.1) is 13.2 Å². The molecule has 1 heterocycles. The van der Waals surface area contributed by atoms with Crippen LogP contribution in [0.15, 0.2) is 53.5 Å². The van der Waals surface area contributed by atoms with E-state index in [1.165, 1.54) is 11.1 Å². The second-order valence-electron chi connectivity index (χ2n) is 8.58. The minimum Gasteiger partial charge on any atom is -0.493 e. The van der Waals surface area contributed by atoms with Crippen molar-refractivity contribution >= 4 is 5.96 Å². The lowest BCUT2D eigenvalue weighted by molar-refractivity contribution is 0.166. The molecule has 6 heteroatoms. The number of benzene rings is 2. The van der Waals surface area contributed by atoms with Crippen LogP contribution in [-0.2, 0) is 17.8 Å². The number of aliphatic imine (C=N–C) groups is 1. The van der Waals surface area contributed by atoms with Crippen LogP contribution in [0.1, 0.15) is 29.5 Å². The SMILES string of the molecule is CN=C(NCCCN(C)Cc1ccccc1)NCc1ccc(C)cc1OCC1CCOC1. The minimum atomic E-state index is 0.491. The van der Waals surface area contributed by atoms with E-state index in [1.807, 2.05) is 7.05 Å². The summed E-state index contributed by atoms with van der Waals surface area (Å²) in [6, 6.07) is 17.0. The number of nitrogens with one attached hydrogen (secondary N) is 2. The number of rotatable bonds is 11. The standard InChI is InChI=1S/C26H38N4O2/c1-21-10-11-24(25(16-21)32-20-23-12-15-31-19-23)17-29-26(27-2)28-13-7-14-30(3)18-22-8-5-4-6-9-22/h4-6,8-11,16,23H,7,12-15,17-20H2,1-3H3,(H2,27,28,29). The summed E-state index contributed by atoms with van der Waals surface area (Å²) in [6.45, 7) is 7.99.